The van der Waals surface area contributed by atoms with Gasteiger partial charge in [-0.05, 0) is 48.7 Å². The first kappa shape index (κ1) is 26.6. The van der Waals surface area contributed by atoms with Crippen LogP contribution in [0.15, 0.2) is 79.0 Å². The van der Waals surface area contributed by atoms with E-state index in [1.807, 2.05) is 47.8 Å². The summed E-state index contributed by atoms with van der Waals surface area (Å²) in [6.07, 6.45) is -2.36. The maximum atomic E-state index is 13.7. The van der Waals surface area contributed by atoms with Gasteiger partial charge in [-0.1, -0.05) is 48.5 Å². The molecule has 4 rings (SSSR count). The van der Waals surface area contributed by atoms with Crippen molar-refractivity contribution in [3.05, 3.63) is 107 Å². The van der Waals surface area contributed by atoms with Crippen molar-refractivity contribution in [1.82, 2.24) is 15.6 Å². The monoisotopic (exact) mass is 518 g/mol. The predicted octanol–water partition coefficient (Wildman–Crippen LogP) is 5.48. The largest absolute Gasteiger partial charge is 0.408 e. The maximum absolute atomic E-state index is 13.7. The number of halogens is 3. The number of fused-ring (bicyclic) bond motifs is 1. The lowest BCUT2D eigenvalue weighted by Crippen LogP contribution is -2.43. The molecule has 0 radical (unpaired) electrons. The minimum absolute atomic E-state index is 0.0506. The van der Waals surface area contributed by atoms with Gasteiger partial charge in [-0.3, -0.25) is 9.59 Å². The zero-order valence-corrected chi connectivity index (χ0v) is 20.5. The molecule has 0 bridgehead atoms. The van der Waals surface area contributed by atoms with Crippen molar-refractivity contribution in [2.45, 2.75) is 31.6 Å². The molecule has 0 aliphatic carbocycles. The topological polar surface area (TPSA) is 97.8 Å². The minimum atomic E-state index is -4.55. The number of H-pyrrole nitrogens is 1. The zero-order valence-electron chi connectivity index (χ0n) is 20.5. The van der Waals surface area contributed by atoms with Crippen LogP contribution >= 0.6 is 0 Å². The number of nitriles is 1. The molecule has 0 saturated carbocycles. The van der Waals surface area contributed by atoms with Crippen molar-refractivity contribution in [2.75, 3.05) is 6.54 Å². The Labute approximate surface area is 217 Å². The van der Waals surface area contributed by atoms with Crippen molar-refractivity contribution in [3.63, 3.8) is 0 Å². The Morgan fingerprint density at radius 2 is 1.74 bits per heavy atom. The van der Waals surface area contributed by atoms with Crippen LogP contribution in [0.2, 0.25) is 0 Å². The van der Waals surface area contributed by atoms with Crippen LogP contribution in [0.1, 0.15) is 50.4 Å². The summed E-state index contributed by atoms with van der Waals surface area (Å²) in [5.74, 6) is -1.05. The van der Waals surface area contributed by atoms with Gasteiger partial charge in [-0.25, -0.2) is 0 Å². The number of hydrogen-bond acceptors (Lipinski definition) is 4. The van der Waals surface area contributed by atoms with Gasteiger partial charge in [0.15, 0.2) is 5.78 Å². The van der Waals surface area contributed by atoms with Gasteiger partial charge >= 0.3 is 6.18 Å². The van der Waals surface area contributed by atoms with E-state index in [0.717, 1.165) is 18.1 Å². The fourth-order valence-corrected chi connectivity index (χ4v) is 4.10. The molecule has 3 N–H and O–H groups in total. The number of aromatic nitrogens is 1. The van der Waals surface area contributed by atoms with Gasteiger partial charge < -0.3 is 15.6 Å². The fourth-order valence-electron chi connectivity index (χ4n) is 4.10. The number of carbonyl (C=O) groups is 2. The smallest absolute Gasteiger partial charge is 0.360 e. The molecule has 9 heteroatoms. The number of carbonyl (C=O) groups excluding carboxylic acids is 2. The maximum Gasteiger partial charge on any atom is 0.408 e. The summed E-state index contributed by atoms with van der Waals surface area (Å²) in [5, 5.41) is 14.8. The Hall–Kier alpha value is -4.42. The number of nitrogens with one attached hydrogen (secondary N) is 3. The number of amides is 1. The molecule has 0 spiro atoms. The van der Waals surface area contributed by atoms with Crippen LogP contribution in [0.4, 0.5) is 13.2 Å². The third-order valence-corrected chi connectivity index (χ3v) is 6.29. The molecule has 6 nitrogen and oxygen atoms in total. The molecule has 0 fully saturated rings. The van der Waals surface area contributed by atoms with Gasteiger partial charge in [0, 0.05) is 34.8 Å². The number of rotatable bonds is 9. The van der Waals surface area contributed by atoms with E-state index >= 15 is 0 Å². The van der Waals surface area contributed by atoms with E-state index in [-0.39, 0.29) is 11.3 Å². The lowest BCUT2D eigenvalue weighted by Gasteiger charge is -2.18. The lowest BCUT2D eigenvalue weighted by molar-refractivity contribution is -0.149. The van der Waals surface area contributed by atoms with Gasteiger partial charge in [-0.15, -0.1) is 0 Å². The van der Waals surface area contributed by atoms with Crippen LogP contribution in [0, 0.1) is 11.3 Å². The molecule has 38 heavy (non-hydrogen) atoms. The molecule has 1 heterocycles. The second kappa shape index (κ2) is 11.3. The van der Waals surface area contributed by atoms with E-state index in [1.165, 1.54) is 12.1 Å². The van der Waals surface area contributed by atoms with E-state index in [1.54, 1.807) is 24.4 Å². The molecule has 4 aromatic rings. The van der Waals surface area contributed by atoms with Crippen molar-refractivity contribution in [2.24, 2.45) is 0 Å². The zero-order chi connectivity index (χ0) is 27.3. The molecule has 0 saturated heterocycles. The summed E-state index contributed by atoms with van der Waals surface area (Å²) in [5.41, 5.74) is 3.29. The number of aromatic amines is 1. The normalized spacial score (nSPS) is 13.0. The summed E-state index contributed by atoms with van der Waals surface area (Å²) in [6.45, 7) is 1.38. The number of hydrogen-bond donors (Lipinski definition) is 3. The summed E-state index contributed by atoms with van der Waals surface area (Å²) in [6, 6.07) is 20.4. The van der Waals surface area contributed by atoms with Crippen LogP contribution in [0.5, 0.6) is 0 Å². The Balaban J connectivity index is 1.54. The Bertz CT molecular complexity index is 1470. The summed E-state index contributed by atoms with van der Waals surface area (Å²) < 4.78 is 38.5. The van der Waals surface area contributed by atoms with E-state index in [2.05, 4.69) is 16.4 Å². The van der Waals surface area contributed by atoms with Crippen LogP contribution in [-0.2, 0) is 6.42 Å². The summed E-state index contributed by atoms with van der Waals surface area (Å²) >= 11 is 0. The van der Waals surface area contributed by atoms with Gasteiger partial charge in [0.2, 0.25) is 0 Å². The number of ketones is 1. The minimum Gasteiger partial charge on any atom is -0.360 e. The van der Waals surface area contributed by atoms with Crippen molar-refractivity contribution >= 4 is 22.6 Å². The van der Waals surface area contributed by atoms with Gasteiger partial charge in [0.25, 0.3) is 5.91 Å². The standard InChI is InChI=1S/C29H25F3N4O2/c1-18(29(30,31)32)36-28(38)22-11-12-23-24(17-35-25(23)15-22)27(37)26(21-5-3-2-4-6-21)34-14-13-19-7-9-20(16-33)10-8-19/h2-12,15,17-18,26,34-35H,13-14H2,1H3,(H,36,38). The lowest BCUT2D eigenvalue weighted by atomic mass is 9.96. The molecular weight excluding hydrogens is 493 g/mol. The fraction of sp³-hybridized carbons (Fsp3) is 0.207. The van der Waals surface area contributed by atoms with Crippen LogP contribution in [-0.4, -0.2) is 35.4 Å². The number of alkyl halides is 3. The molecule has 2 atom stereocenters. The van der Waals surface area contributed by atoms with Crippen molar-refractivity contribution in [1.29, 1.82) is 5.26 Å². The predicted molar refractivity (Wildman–Crippen MR) is 138 cm³/mol. The molecule has 1 amide bonds. The highest BCUT2D eigenvalue weighted by Crippen LogP contribution is 2.26. The molecule has 0 aliphatic heterocycles. The Morgan fingerprint density at radius 3 is 2.39 bits per heavy atom. The van der Waals surface area contributed by atoms with Crippen LogP contribution < -0.4 is 10.6 Å². The van der Waals surface area contributed by atoms with Gasteiger partial charge in [0.1, 0.15) is 6.04 Å². The van der Waals surface area contributed by atoms with Gasteiger partial charge in [-0.2, -0.15) is 18.4 Å². The first-order chi connectivity index (χ1) is 18.2. The van der Waals surface area contributed by atoms with E-state index in [0.29, 0.717) is 35.0 Å². The average Bonchev–Trinajstić information content (AvgIpc) is 3.34. The molecule has 1 aromatic heterocycles. The van der Waals surface area contributed by atoms with E-state index < -0.39 is 24.2 Å². The third kappa shape index (κ3) is 6.10. The second-order valence-corrected chi connectivity index (χ2v) is 8.92. The quantitative estimate of drug-likeness (QED) is 0.256. The van der Waals surface area contributed by atoms with E-state index in [4.69, 9.17) is 5.26 Å². The first-order valence-electron chi connectivity index (χ1n) is 12.0. The third-order valence-electron chi connectivity index (χ3n) is 6.29. The Morgan fingerprint density at radius 1 is 1.03 bits per heavy atom. The Kier molecular flexibility index (Phi) is 7.93. The second-order valence-electron chi connectivity index (χ2n) is 8.92. The van der Waals surface area contributed by atoms with Crippen LogP contribution in [0.3, 0.4) is 0 Å². The van der Waals surface area contributed by atoms with E-state index in [9.17, 15) is 22.8 Å². The highest BCUT2D eigenvalue weighted by Gasteiger charge is 2.37. The summed E-state index contributed by atoms with van der Waals surface area (Å²) in [4.78, 5) is 29.0. The van der Waals surface area contributed by atoms with Crippen molar-refractivity contribution in [3.8, 4) is 6.07 Å². The molecule has 0 aliphatic rings. The average molecular weight is 519 g/mol. The first-order valence-corrected chi connectivity index (χ1v) is 12.0. The molecule has 3 aromatic carbocycles. The molecule has 194 valence electrons. The number of Topliss-reactive ketones (excluding diaryl/α,β-unsaturated/α-hetero) is 1. The van der Waals surface area contributed by atoms with Crippen LogP contribution in [0.25, 0.3) is 10.9 Å². The highest BCUT2D eigenvalue weighted by molar-refractivity contribution is 6.11. The number of nitrogens with zero attached hydrogens (tertiary/aromatic N) is 1. The highest BCUT2D eigenvalue weighted by atomic mass is 19.4. The SMILES string of the molecule is CC(NC(=O)c1ccc2c(C(=O)C(NCCc3ccc(C#N)cc3)c3ccccc3)c[nH]c2c1)C(F)(F)F. The van der Waals surface area contributed by atoms with Gasteiger partial charge in [0.05, 0.1) is 17.7 Å². The molecule has 2 unspecified atom stereocenters. The molecular formula is C29H25F3N4O2. The summed E-state index contributed by atoms with van der Waals surface area (Å²) in [7, 11) is 0. The number of benzene rings is 3. The van der Waals surface area contributed by atoms with Crippen molar-refractivity contribution < 1.29 is 22.8 Å².